The standard InChI is InChI=1S/C17H29N3O/c1-11(2)20-12(3)10-16(14(20)5)17(21)19-8-6-15(7-9-19)13(4)18/h10-11,13,15H,6-9,18H2,1-5H3. The maximum atomic E-state index is 12.8. The normalized spacial score (nSPS) is 18.3. The van der Waals surface area contributed by atoms with Crippen LogP contribution in [0.4, 0.5) is 0 Å². The van der Waals surface area contributed by atoms with Crippen LogP contribution in [0.1, 0.15) is 61.4 Å². The highest BCUT2D eigenvalue weighted by atomic mass is 16.2. The van der Waals surface area contributed by atoms with Crippen LogP contribution < -0.4 is 5.73 Å². The van der Waals surface area contributed by atoms with Gasteiger partial charge in [-0.3, -0.25) is 4.79 Å². The second-order valence-electron chi connectivity index (χ2n) is 6.74. The van der Waals surface area contributed by atoms with Gasteiger partial charge in [0.1, 0.15) is 0 Å². The summed E-state index contributed by atoms with van der Waals surface area (Å²) in [5, 5.41) is 0. The monoisotopic (exact) mass is 291 g/mol. The number of carbonyl (C=O) groups excluding carboxylic acids is 1. The molecule has 2 heterocycles. The molecule has 21 heavy (non-hydrogen) atoms. The van der Waals surface area contributed by atoms with Crippen LogP contribution in [0.2, 0.25) is 0 Å². The van der Waals surface area contributed by atoms with E-state index in [1.807, 2.05) is 11.0 Å². The first-order chi connectivity index (χ1) is 9.82. The second kappa shape index (κ2) is 6.22. The molecule has 1 aliphatic heterocycles. The molecule has 0 aromatic carbocycles. The molecule has 1 amide bonds. The minimum Gasteiger partial charge on any atom is -0.346 e. The molecule has 0 spiro atoms. The number of nitrogens with two attached hydrogens (primary N) is 1. The van der Waals surface area contributed by atoms with Crippen LogP contribution in [-0.4, -0.2) is 34.5 Å². The first-order valence-corrected chi connectivity index (χ1v) is 8.06. The summed E-state index contributed by atoms with van der Waals surface area (Å²) in [6.07, 6.45) is 2.04. The Balaban J connectivity index is 2.13. The van der Waals surface area contributed by atoms with Crippen molar-refractivity contribution in [1.29, 1.82) is 0 Å². The van der Waals surface area contributed by atoms with E-state index in [0.717, 1.165) is 42.9 Å². The highest BCUT2D eigenvalue weighted by Gasteiger charge is 2.27. The number of rotatable bonds is 3. The number of aromatic nitrogens is 1. The summed E-state index contributed by atoms with van der Waals surface area (Å²) in [5.41, 5.74) is 9.08. The van der Waals surface area contributed by atoms with Crippen molar-refractivity contribution < 1.29 is 4.79 Å². The Morgan fingerprint density at radius 3 is 2.24 bits per heavy atom. The maximum Gasteiger partial charge on any atom is 0.255 e. The molecule has 0 saturated carbocycles. The minimum absolute atomic E-state index is 0.179. The number of likely N-dealkylation sites (tertiary alicyclic amines) is 1. The molecule has 1 aliphatic rings. The van der Waals surface area contributed by atoms with E-state index in [0.29, 0.717) is 12.0 Å². The lowest BCUT2D eigenvalue weighted by Crippen LogP contribution is -2.42. The van der Waals surface area contributed by atoms with Crippen LogP contribution in [0.5, 0.6) is 0 Å². The van der Waals surface area contributed by atoms with Crippen molar-refractivity contribution in [2.75, 3.05) is 13.1 Å². The Morgan fingerprint density at radius 2 is 1.81 bits per heavy atom. The Morgan fingerprint density at radius 1 is 1.24 bits per heavy atom. The molecule has 118 valence electrons. The zero-order valence-electron chi connectivity index (χ0n) is 14.0. The summed E-state index contributed by atoms with van der Waals surface area (Å²) in [6.45, 7) is 12.2. The molecule has 2 rings (SSSR count). The number of amides is 1. The summed E-state index contributed by atoms with van der Waals surface area (Å²) in [4.78, 5) is 14.8. The third kappa shape index (κ3) is 3.15. The maximum absolute atomic E-state index is 12.8. The van der Waals surface area contributed by atoms with E-state index in [9.17, 15) is 4.79 Å². The lowest BCUT2D eigenvalue weighted by atomic mass is 9.90. The van der Waals surface area contributed by atoms with Crippen molar-refractivity contribution in [2.24, 2.45) is 11.7 Å². The molecular formula is C17H29N3O. The number of hydrogen-bond acceptors (Lipinski definition) is 2. The first-order valence-electron chi connectivity index (χ1n) is 8.06. The lowest BCUT2D eigenvalue weighted by Gasteiger charge is -2.33. The number of carbonyl (C=O) groups is 1. The first kappa shape index (κ1) is 16.1. The predicted octanol–water partition coefficient (Wildman–Crippen LogP) is 2.89. The van der Waals surface area contributed by atoms with Gasteiger partial charge in [0.05, 0.1) is 5.56 Å². The van der Waals surface area contributed by atoms with E-state index in [1.54, 1.807) is 0 Å². The van der Waals surface area contributed by atoms with Gasteiger partial charge in [-0.1, -0.05) is 0 Å². The molecule has 1 aromatic heterocycles. The van der Waals surface area contributed by atoms with Gasteiger partial charge in [-0.15, -0.1) is 0 Å². The van der Waals surface area contributed by atoms with Crippen LogP contribution in [-0.2, 0) is 0 Å². The average Bonchev–Trinajstić information content (AvgIpc) is 2.73. The third-order valence-electron chi connectivity index (χ3n) is 4.80. The number of hydrogen-bond donors (Lipinski definition) is 1. The fourth-order valence-electron chi connectivity index (χ4n) is 3.59. The van der Waals surface area contributed by atoms with Crippen molar-refractivity contribution in [3.8, 4) is 0 Å². The molecule has 1 aromatic rings. The van der Waals surface area contributed by atoms with Crippen molar-refractivity contribution in [3.63, 3.8) is 0 Å². The number of nitrogens with zero attached hydrogens (tertiary/aromatic N) is 2. The Bertz CT molecular complexity index is 508. The van der Waals surface area contributed by atoms with Gasteiger partial charge >= 0.3 is 0 Å². The van der Waals surface area contributed by atoms with E-state index < -0.39 is 0 Å². The van der Waals surface area contributed by atoms with Gasteiger partial charge in [-0.2, -0.15) is 0 Å². The summed E-state index contributed by atoms with van der Waals surface area (Å²) < 4.78 is 2.24. The molecule has 2 N–H and O–H groups in total. The lowest BCUT2D eigenvalue weighted by molar-refractivity contribution is 0.0680. The molecular weight excluding hydrogens is 262 g/mol. The van der Waals surface area contributed by atoms with E-state index in [1.165, 1.54) is 0 Å². The van der Waals surface area contributed by atoms with Crippen LogP contribution in [0, 0.1) is 19.8 Å². The van der Waals surface area contributed by atoms with Gasteiger partial charge < -0.3 is 15.2 Å². The van der Waals surface area contributed by atoms with Crippen molar-refractivity contribution in [2.45, 2.75) is 59.5 Å². The molecule has 4 heteroatoms. The molecule has 0 bridgehead atoms. The number of piperidine rings is 1. The Hall–Kier alpha value is -1.29. The van der Waals surface area contributed by atoms with E-state index in [2.05, 4.69) is 39.2 Å². The highest BCUT2D eigenvalue weighted by molar-refractivity contribution is 5.95. The van der Waals surface area contributed by atoms with Gasteiger partial charge in [0, 0.05) is 36.6 Å². The third-order valence-corrected chi connectivity index (χ3v) is 4.80. The van der Waals surface area contributed by atoms with Gasteiger partial charge in [0.15, 0.2) is 0 Å². The van der Waals surface area contributed by atoms with Crippen LogP contribution in [0.25, 0.3) is 0 Å². The summed E-state index contributed by atoms with van der Waals surface area (Å²) >= 11 is 0. The van der Waals surface area contributed by atoms with Crippen LogP contribution >= 0.6 is 0 Å². The zero-order valence-corrected chi connectivity index (χ0v) is 14.0. The van der Waals surface area contributed by atoms with Crippen molar-refractivity contribution in [3.05, 3.63) is 23.0 Å². The van der Waals surface area contributed by atoms with Gasteiger partial charge in [0.25, 0.3) is 5.91 Å². The fraction of sp³-hybridized carbons (Fsp3) is 0.706. The number of aryl methyl sites for hydroxylation is 1. The van der Waals surface area contributed by atoms with Crippen molar-refractivity contribution >= 4 is 5.91 Å². The Kier molecular flexibility index (Phi) is 4.77. The molecule has 1 fully saturated rings. The smallest absolute Gasteiger partial charge is 0.255 e. The molecule has 1 saturated heterocycles. The average molecular weight is 291 g/mol. The Labute approximate surface area is 128 Å². The van der Waals surface area contributed by atoms with E-state index >= 15 is 0 Å². The van der Waals surface area contributed by atoms with Gasteiger partial charge in [-0.05, 0) is 59.4 Å². The molecule has 1 atom stereocenters. The van der Waals surface area contributed by atoms with Crippen molar-refractivity contribution in [1.82, 2.24) is 9.47 Å². The summed E-state index contributed by atoms with van der Waals surface area (Å²) in [5.74, 6) is 0.732. The predicted molar refractivity (Wildman–Crippen MR) is 86.6 cm³/mol. The summed E-state index contributed by atoms with van der Waals surface area (Å²) in [6, 6.07) is 2.65. The molecule has 4 nitrogen and oxygen atoms in total. The largest absolute Gasteiger partial charge is 0.346 e. The quantitative estimate of drug-likeness (QED) is 0.931. The molecule has 1 unspecified atom stereocenters. The minimum atomic E-state index is 0.179. The van der Waals surface area contributed by atoms with E-state index in [4.69, 9.17) is 5.73 Å². The van der Waals surface area contributed by atoms with Crippen LogP contribution in [0.3, 0.4) is 0 Å². The topological polar surface area (TPSA) is 51.3 Å². The highest BCUT2D eigenvalue weighted by Crippen LogP contribution is 2.25. The summed E-state index contributed by atoms with van der Waals surface area (Å²) in [7, 11) is 0. The van der Waals surface area contributed by atoms with E-state index in [-0.39, 0.29) is 11.9 Å². The molecule has 0 radical (unpaired) electrons. The fourth-order valence-corrected chi connectivity index (χ4v) is 3.59. The zero-order chi connectivity index (χ0) is 15.7. The molecule has 0 aliphatic carbocycles. The van der Waals surface area contributed by atoms with Crippen LogP contribution in [0.15, 0.2) is 6.07 Å². The SMILES string of the molecule is Cc1cc(C(=O)N2CCC(C(C)N)CC2)c(C)n1C(C)C. The van der Waals surface area contributed by atoms with Gasteiger partial charge in [0.2, 0.25) is 0 Å². The van der Waals surface area contributed by atoms with Gasteiger partial charge in [-0.25, -0.2) is 0 Å². The second-order valence-corrected chi connectivity index (χ2v) is 6.74.